The van der Waals surface area contributed by atoms with Gasteiger partial charge in [-0.05, 0) is 22.6 Å². The average molecular weight is 212 g/mol. The SMILES string of the molecule is O=c1oocc1I. The van der Waals surface area contributed by atoms with Crippen LogP contribution in [0.2, 0.25) is 0 Å². The van der Waals surface area contributed by atoms with Crippen molar-refractivity contribution < 1.29 is 9.15 Å². The minimum Gasteiger partial charge on any atom is -0.293 e. The van der Waals surface area contributed by atoms with Gasteiger partial charge in [-0.25, -0.2) is 9.37 Å². The summed E-state index contributed by atoms with van der Waals surface area (Å²) >= 11 is 1.82. The predicted octanol–water partition coefficient (Wildman–Crippen LogP) is 0.837. The van der Waals surface area contributed by atoms with Crippen molar-refractivity contribution in [2.24, 2.45) is 0 Å². The lowest BCUT2D eigenvalue weighted by Gasteiger charge is -1.55. The molecule has 0 N–H and O–H groups in total. The lowest BCUT2D eigenvalue weighted by atomic mass is 10.8. The smallest absolute Gasteiger partial charge is 0.293 e. The predicted molar refractivity (Wildman–Crippen MR) is 30.0 cm³/mol. The molecule has 0 radical (unpaired) electrons. The molecular formula is C3HIO3. The van der Waals surface area contributed by atoms with Crippen molar-refractivity contribution in [2.75, 3.05) is 0 Å². The Hall–Kier alpha value is -0.260. The van der Waals surface area contributed by atoms with Crippen molar-refractivity contribution in [2.45, 2.75) is 0 Å². The van der Waals surface area contributed by atoms with E-state index in [1.807, 2.05) is 22.6 Å². The van der Waals surface area contributed by atoms with E-state index >= 15 is 0 Å². The van der Waals surface area contributed by atoms with E-state index in [2.05, 4.69) is 9.15 Å². The van der Waals surface area contributed by atoms with E-state index in [-0.39, 0.29) is 0 Å². The summed E-state index contributed by atoms with van der Waals surface area (Å²) in [5, 5.41) is 0. The third kappa shape index (κ3) is 0.846. The molecule has 0 amide bonds. The first-order valence-electron chi connectivity index (χ1n) is 1.54. The van der Waals surface area contributed by atoms with Gasteiger partial charge in [0.25, 0.3) is 0 Å². The molecular weight excluding hydrogens is 211 g/mol. The van der Waals surface area contributed by atoms with Gasteiger partial charge in [-0.1, -0.05) is 0 Å². The Morgan fingerprint density at radius 3 is 2.57 bits per heavy atom. The van der Waals surface area contributed by atoms with Crippen molar-refractivity contribution in [1.29, 1.82) is 0 Å². The van der Waals surface area contributed by atoms with E-state index in [0.29, 0.717) is 3.57 Å². The first-order chi connectivity index (χ1) is 3.30. The molecule has 0 unspecified atom stereocenters. The molecule has 0 aliphatic heterocycles. The molecule has 1 aromatic rings. The van der Waals surface area contributed by atoms with Crippen molar-refractivity contribution in [3.63, 3.8) is 0 Å². The van der Waals surface area contributed by atoms with Crippen LogP contribution in [-0.2, 0) is 0 Å². The van der Waals surface area contributed by atoms with Gasteiger partial charge in [0.15, 0.2) is 6.26 Å². The highest BCUT2D eigenvalue weighted by Crippen LogP contribution is 1.94. The van der Waals surface area contributed by atoms with Crippen LogP contribution < -0.4 is 5.63 Å². The third-order valence-corrected chi connectivity index (χ3v) is 1.17. The van der Waals surface area contributed by atoms with Crippen LogP contribution in [0.25, 0.3) is 0 Å². The fraction of sp³-hybridized carbons (Fsp3) is 0. The molecule has 0 bridgehead atoms. The molecule has 0 aliphatic carbocycles. The van der Waals surface area contributed by atoms with E-state index in [9.17, 15) is 4.79 Å². The Kier molecular flexibility index (Phi) is 1.18. The van der Waals surface area contributed by atoms with Gasteiger partial charge in [0.1, 0.15) is 3.57 Å². The molecule has 38 valence electrons. The summed E-state index contributed by atoms with van der Waals surface area (Å²) in [6.07, 6.45) is 1.25. The first kappa shape index (κ1) is 4.89. The molecule has 0 aliphatic rings. The Morgan fingerprint density at radius 2 is 2.43 bits per heavy atom. The van der Waals surface area contributed by atoms with Gasteiger partial charge in [-0.3, -0.25) is 4.58 Å². The molecule has 4 heteroatoms. The normalized spacial score (nSPS) is 9.29. The van der Waals surface area contributed by atoms with Crippen LogP contribution in [0.5, 0.6) is 0 Å². The van der Waals surface area contributed by atoms with Crippen LogP contribution >= 0.6 is 22.6 Å². The fourth-order valence-corrected chi connectivity index (χ4v) is 0.392. The van der Waals surface area contributed by atoms with Crippen LogP contribution in [0.1, 0.15) is 0 Å². The Balaban J connectivity index is 3.39. The zero-order chi connectivity index (χ0) is 5.28. The topological polar surface area (TPSA) is 43.4 Å². The van der Waals surface area contributed by atoms with E-state index < -0.39 is 5.63 Å². The van der Waals surface area contributed by atoms with Crippen LogP contribution in [0.3, 0.4) is 0 Å². The summed E-state index contributed by atoms with van der Waals surface area (Å²) in [4.78, 5) is 10.2. The molecule has 0 aromatic carbocycles. The molecule has 0 fully saturated rings. The zero-order valence-electron chi connectivity index (χ0n) is 3.18. The maximum atomic E-state index is 10.2. The average Bonchev–Trinajstić information content (AvgIpc) is 1.91. The van der Waals surface area contributed by atoms with Gasteiger partial charge >= 0.3 is 5.63 Å². The minimum atomic E-state index is -0.416. The molecule has 1 rings (SSSR count). The molecule has 3 nitrogen and oxygen atoms in total. The van der Waals surface area contributed by atoms with Crippen molar-refractivity contribution in [1.82, 2.24) is 0 Å². The maximum absolute atomic E-state index is 10.2. The summed E-state index contributed by atoms with van der Waals surface area (Å²) in [6, 6.07) is 0. The van der Waals surface area contributed by atoms with E-state index in [4.69, 9.17) is 0 Å². The Morgan fingerprint density at radius 1 is 1.71 bits per heavy atom. The Labute approximate surface area is 52.4 Å². The number of halogens is 1. The summed E-state index contributed by atoms with van der Waals surface area (Å²) in [5.41, 5.74) is -0.416. The van der Waals surface area contributed by atoms with Gasteiger partial charge < -0.3 is 0 Å². The summed E-state index contributed by atoms with van der Waals surface area (Å²) in [7, 11) is 0. The highest BCUT2D eigenvalue weighted by atomic mass is 127. The van der Waals surface area contributed by atoms with Crippen LogP contribution in [-0.4, -0.2) is 0 Å². The van der Waals surface area contributed by atoms with Crippen molar-refractivity contribution >= 4 is 22.6 Å². The lowest BCUT2D eigenvalue weighted by molar-refractivity contribution is 0.0487. The molecule has 7 heavy (non-hydrogen) atoms. The van der Waals surface area contributed by atoms with Gasteiger partial charge in [-0.2, -0.15) is 0 Å². The first-order valence-corrected chi connectivity index (χ1v) is 2.62. The molecule has 1 aromatic heterocycles. The number of hydrogen-bond donors (Lipinski definition) is 0. The van der Waals surface area contributed by atoms with Gasteiger partial charge in [0.05, 0.1) is 0 Å². The lowest BCUT2D eigenvalue weighted by Crippen LogP contribution is -1.92. The van der Waals surface area contributed by atoms with E-state index in [0.717, 1.165) is 0 Å². The molecule has 0 atom stereocenters. The van der Waals surface area contributed by atoms with Crippen molar-refractivity contribution in [3.05, 3.63) is 20.3 Å². The molecule has 0 saturated heterocycles. The standard InChI is InChI=1S/C3HIO3/c4-2-1-6-7-3(2)5/h1H. The Bertz CT molecular complexity index is 198. The molecule has 0 saturated carbocycles. The van der Waals surface area contributed by atoms with Gasteiger partial charge in [-0.15, -0.1) is 0 Å². The van der Waals surface area contributed by atoms with Crippen LogP contribution in [0.15, 0.2) is 20.2 Å². The second-order valence-corrected chi connectivity index (χ2v) is 2.09. The third-order valence-electron chi connectivity index (χ3n) is 0.470. The van der Waals surface area contributed by atoms with E-state index in [1.54, 1.807) is 0 Å². The number of rotatable bonds is 0. The second kappa shape index (κ2) is 1.69. The molecule has 1 heterocycles. The zero-order valence-corrected chi connectivity index (χ0v) is 5.34. The van der Waals surface area contributed by atoms with E-state index in [1.165, 1.54) is 6.26 Å². The monoisotopic (exact) mass is 212 g/mol. The van der Waals surface area contributed by atoms with Crippen LogP contribution in [0, 0.1) is 3.57 Å². The highest BCUT2D eigenvalue weighted by molar-refractivity contribution is 14.1. The minimum absolute atomic E-state index is 0.416. The largest absolute Gasteiger partial charge is 0.395 e. The maximum Gasteiger partial charge on any atom is 0.395 e. The summed E-state index contributed by atoms with van der Waals surface area (Å²) < 4.78 is 8.65. The van der Waals surface area contributed by atoms with Crippen molar-refractivity contribution in [3.8, 4) is 0 Å². The summed E-state index contributed by atoms with van der Waals surface area (Å²) in [5.74, 6) is 0. The number of hydrogen-bond acceptors (Lipinski definition) is 3. The summed E-state index contributed by atoms with van der Waals surface area (Å²) in [6.45, 7) is 0. The molecule has 0 spiro atoms. The van der Waals surface area contributed by atoms with Gasteiger partial charge in [0.2, 0.25) is 0 Å². The van der Waals surface area contributed by atoms with Crippen LogP contribution in [0.4, 0.5) is 0 Å². The second-order valence-electron chi connectivity index (χ2n) is 0.933. The quantitative estimate of drug-likeness (QED) is 0.472. The fourth-order valence-electron chi connectivity index (χ4n) is 0.198. The highest BCUT2D eigenvalue weighted by Gasteiger charge is 1.95. The van der Waals surface area contributed by atoms with Gasteiger partial charge in [0, 0.05) is 0 Å².